The second kappa shape index (κ2) is 8.12. The number of likely N-dealkylation sites (tertiary alicyclic amines) is 2. The minimum atomic E-state index is 0.817. The molecule has 2 aliphatic heterocycles. The van der Waals surface area contributed by atoms with Gasteiger partial charge in [0, 0.05) is 19.3 Å². The third-order valence-electron chi connectivity index (χ3n) is 6.11. The summed E-state index contributed by atoms with van der Waals surface area (Å²) in [5.41, 5.74) is 1.50. The monoisotopic (exact) mass is 302 g/mol. The van der Waals surface area contributed by atoms with Crippen LogP contribution in [0.15, 0.2) is 30.3 Å². The first-order valence-corrected chi connectivity index (χ1v) is 9.56. The molecule has 0 saturated carbocycles. The second-order valence-corrected chi connectivity index (χ2v) is 7.58. The zero-order chi connectivity index (χ0) is 15.2. The fourth-order valence-corrected chi connectivity index (χ4v) is 4.54. The number of benzene rings is 1. The highest BCUT2D eigenvalue weighted by Gasteiger charge is 2.32. The van der Waals surface area contributed by atoms with Crippen LogP contribution in [0.4, 0.5) is 0 Å². The molecule has 0 aromatic heterocycles. The van der Waals surface area contributed by atoms with Crippen LogP contribution in [-0.2, 0) is 6.42 Å². The molecule has 0 unspecified atom stereocenters. The maximum absolute atomic E-state index is 2.46. The van der Waals surface area contributed by atoms with Crippen LogP contribution in [0.25, 0.3) is 0 Å². The molecule has 3 rings (SSSR count). The summed E-state index contributed by atoms with van der Waals surface area (Å²) >= 11 is 0. The lowest BCUT2D eigenvalue weighted by Crippen LogP contribution is -3.22. The average Bonchev–Trinajstić information content (AvgIpc) is 2.61. The Labute approximate surface area is 136 Å². The molecule has 0 bridgehead atoms. The molecule has 0 amide bonds. The van der Waals surface area contributed by atoms with E-state index in [1.807, 2.05) is 9.80 Å². The number of hydrogen-bond donors (Lipinski definition) is 2. The second-order valence-electron chi connectivity index (χ2n) is 7.58. The van der Waals surface area contributed by atoms with Crippen molar-refractivity contribution in [2.45, 2.75) is 64.0 Å². The fraction of sp³-hybridized carbons (Fsp3) is 0.700. The summed E-state index contributed by atoms with van der Waals surface area (Å²) in [4.78, 5) is 3.80. The molecule has 2 N–H and O–H groups in total. The summed E-state index contributed by atoms with van der Waals surface area (Å²) in [7, 11) is 0. The molecule has 0 aliphatic carbocycles. The highest BCUT2D eigenvalue weighted by Crippen LogP contribution is 2.05. The van der Waals surface area contributed by atoms with Gasteiger partial charge >= 0.3 is 0 Å². The molecule has 1 aromatic rings. The normalized spacial score (nSPS) is 28.4. The van der Waals surface area contributed by atoms with Gasteiger partial charge in [0.15, 0.2) is 0 Å². The predicted octanol–water partition coefficient (Wildman–Crippen LogP) is 1.12. The Kier molecular flexibility index (Phi) is 5.91. The van der Waals surface area contributed by atoms with Crippen LogP contribution >= 0.6 is 0 Å². The number of piperidine rings is 2. The Morgan fingerprint density at radius 3 is 2.32 bits per heavy atom. The van der Waals surface area contributed by atoms with E-state index in [2.05, 4.69) is 37.3 Å². The summed E-state index contributed by atoms with van der Waals surface area (Å²) in [5.74, 6) is 0. The van der Waals surface area contributed by atoms with Gasteiger partial charge in [0.2, 0.25) is 0 Å². The van der Waals surface area contributed by atoms with Gasteiger partial charge in [0.1, 0.15) is 0 Å². The van der Waals surface area contributed by atoms with Gasteiger partial charge in [-0.05, 0) is 38.2 Å². The maximum atomic E-state index is 2.46. The lowest BCUT2D eigenvalue weighted by Gasteiger charge is -2.38. The summed E-state index contributed by atoms with van der Waals surface area (Å²) in [6.07, 6.45) is 9.91. The molecule has 22 heavy (non-hydrogen) atoms. The Balaban J connectivity index is 1.40. The molecule has 2 aliphatic rings. The molecule has 1 aromatic carbocycles. The van der Waals surface area contributed by atoms with Crippen molar-refractivity contribution in [2.24, 2.45) is 0 Å². The number of hydrogen-bond acceptors (Lipinski definition) is 0. The van der Waals surface area contributed by atoms with Gasteiger partial charge < -0.3 is 9.80 Å². The van der Waals surface area contributed by atoms with Crippen LogP contribution in [0.2, 0.25) is 0 Å². The first kappa shape index (κ1) is 16.0. The van der Waals surface area contributed by atoms with E-state index in [1.165, 1.54) is 76.7 Å². The molecular weight excluding hydrogens is 268 g/mol. The van der Waals surface area contributed by atoms with Crippen molar-refractivity contribution in [3.63, 3.8) is 0 Å². The quantitative estimate of drug-likeness (QED) is 0.807. The topological polar surface area (TPSA) is 8.88 Å². The van der Waals surface area contributed by atoms with E-state index in [-0.39, 0.29) is 0 Å². The Hall–Kier alpha value is -0.860. The zero-order valence-electron chi connectivity index (χ0n) is 14.3. The van der Waals surface area contributed by atoms with Crippen molar-refractivity contribution in [1.29, 1.82) is 0 Å². The first-order valence-electron chi connectivity index (χ1n) is 9.56. The predicted molar refractivity (Wildman–Crippen MR) is 92.5 cm³/mol. The van der Waals surface area contributed by atoms with Crippen molar-refractivity contribution in [3.8, 4) is 0 Å². The van der Waals surface area contributed by atoms with Gasteiger partial charge in [-0.1, -0.05) is 30.3 Å². The summed E-state index contributed by atoms with van der Waals surface area (Å²) < 4.78 is 0. The van der Waals surface area contributed by atoms with Crippen molar-refractivity contribution >= 4 is 0 Å². The van der Waals surface area contributed by atoms with Crippen molar-refractivity contribution in [1.82, 2.24) is 0 Å². The van der Waals surface area contributed by atoms with Gasteiger partial charge in [-0.25, -0.2) is 0 Å². The SMILES string of the molecule is C[C@@H](CCc1ccccc1)[NH+]1CCC([NH+]2CCCCC2)CC1. The van der Waals surface area contributed by atoms with Gasteiger partial charge in [0.25, 0.3) is 0 Å². The molecule has 2 heterocycles. The molecule has 2 heteroatoms. The van der Waals surface area contributed by atoms with E-state index in [9.17, 15) is 0 Å². The number of aryl methyl sites for hydroxylation is 1. The van der Waals surface area contributed by atoms with Gasteiger partial charge in [0.05, 0.1) is 38.3 Å². The summed E-state index contributed by atoms with van der Waals surface area (Å²) in [6, 6.07) is 12.8. The van der Waals surface area contributed by atoms with Crippen molar-refractivity contribution in [3.05, 3.63) is 35.9 Å². The summed E-state index contributed by atoms with van der Waals surface area (Å²) in [5, 5.41) is 0. The Bertz CT molecular complexity index is 417. The minimum Gasteiger partial charge on any atom is -0.332 e. The summed E-state index contributed by atoms with van der Waals surface area (Å²) in [6.45, 7) is 8.17. The Morgan fingerprint density at radius 2 is 1.64 bits per heavy atom. The lowest BCUT2D eigenvalue weighted by atomic mass is 9.97. The van der Waals surface area contributed by atoms with Crippen molar-refractivity contribution in [2.75, 3.05) is 26.2 Å². The largest absolute Gasteiger partial charge is 0.332 e. The van der Waals surface area contributed by atoms with Gasteiger partial charge in [-0.3, -0.25) is 0 Å². The smallest absolute Gasteiger partial charge is 0.0983 e. The third kappa shape index (κ3) is 4.33. The molecule has 2 saturated heterocycles. The number of nitrogens with one attached hydrogen (secondary N) is 2. The molecule has 1 atom stereocenters. The van der Waals surface area contributed by atoms with E-state index < -0.39 is 0 Å². The molecular formula is C20H34N2+2. The van der Waals surface area contributed by atoms with Gasteiger partial charge in [-0.2, -0.15) is 0 Å². The van der Waals surface area contributed by atoms with E-state index in [1.54, 1.807) is 0 Å². The van der Waals surface area contributed by atoms with E-state index in [0.29, 0.717) is 0 Å². The molecule has 122 valence electrons. The molecule has 0 radical (unpaired) electrons. The average molecular weight is 303 g/mol. The molecule has 2 fully saturated rings. The maximum Gasteiger partial charge on any atom is 0.0983 e. The molecule has 2 nitrogen and oxygen atoms in total. The van der Waals surface area contributed by atoms with Crippen LogP contribution in [-0.4, -0.2) is 38.3 Å². The van der Waals surface area contributed by atoms with E-state index in [0.717, 1.165) is 12.1 Å². The minimum absolute atomic E-state index is 0.817. The van der Waals surface area contributed by atoms with Crippen LogP contribution in [0, 0.1) is 0 Å². The van der Waals surface area contributed by atoms with Crippen LogP contribution in [0.5, 0.6) is 0 Å². The number of rotatable bonds is 5. The lowest BCUT2D eigenvalue weighted by molar-refractivity contribution is -0.969. The van der Waals surface area contributed by atoms with Crippen LogP contribution < -0.4 is 9.80 Å². The van der Waals surface area contributed by atoms with Crippen LogP contribution in [0.1, 0.15) is 51.0 Å². The standard InChI is InChI=1S/C20H32N2/c1-18(10-11-19-8-4-2-5-9-19)21-16-12-20(13-17-21)22-14-6-3-7-15-22/h2,4-5,8-9,18,20H,3,6-7,10-17H2,1H3/p+2/t18-/m0/s1. The highest BCUT2D eigenvalue weighted by molar-refractivity contribution is 5.14. The zero-order valence-corrected chi connectivity index (χ0v) is 14.3. The van der Waals surface area contributed by atoms with Gasteiger partial charge in [-0.15, -0.1) is 0 Å². The first-order chi connectivity index (χ1) is 10.8. The third-order valence-corrected chi connectivity index (χ3v) is 6.11. The van der Waals surface area contributed by atoms with Crippen molar-refractivity contribution < 1.29 is 9.80 Å². The highest BCUT2D eigenvalue weighted by atomic mass is 15.2. The fourth-order valence-electron chi connectivity index (χ4n) is 4.54. The number of quaternary nitrogens is 2. The van der Waals surface area contributed by atoms with Crippen LogP contribution in [0.3, 0.4) is 0 Å². The van der Waals surface area contributed by atoms with E-state index >= 15 is 0 Å². The Morgan fingerprint density at radius 1 is 0.955 bits per heavy atom. The molecule has 0 spiro atoms. The van der Waals surface area contributed by atoms with E-state index in [4.69, 9.17) is 0 Å².